The highest BCUT2D eigenvalue weighted by molar-refractivity contribution is 5.99. The van der Waals surface area contributed by atoms with Crippen LogP contribution in [0.15, 0.2) is 0 Å². The molecule has 2 aliphatic rings. The number of urea groups is 1. The molecule has 0 bridgehead atoms. The van der Waals surface area contributed by atoms with Crippen molar-refractivity contribution in [2.45, 2.75) is 37.4 Å². The molecule has 0 aromatic heterocycles. The highest BCUT2D eigenvalue weighted by atomic mass is 16.6. The lowest BCUT2D eigenvalue weighted by Crippen LogP contribution is -2.59. The van der Waals surface area contributed by atoms with Crippen molar-refractivity contribution >= 4 is 11.9 Å². The van der Waals surface area contributed by atoms with Crippen molar-refractivity contribution in [3.63, 3.8) is 0 Å². The Morgan fingerprint density at radius 1 is 1.43 bits per heavy atom. The average Bonchev–Trinajstić information content (AvgIpc) is 2.74. The maximum Gasteiger partial charge on any atom is 0.324 e. The van der Waals surface area contributed by atoms with E-state index in [1.165, 1.54) is 4.90 Å². The SMILES string of the molecule is N=C1NC(=O)N([C@@H]2O[C@H](CO)C(O)[C@@H]2O)CC1CCCN. The van der Waals surface area contributed by atoms with Gasteiger partial charge >= 0.3 is 6.03 Å². The predicted octanol–water partition coefficient (Wildman–Crippen LogP) is -2.22. The van der Waals surface area contributed by atoms with Gasteiger partial charge in [-0.05, 0) is 19.4 Å². The van der Waals surface area contributed by atoms with Crippen LogP contribution >= 0.6 is 0 Å². The molecule has 120 valence electrons. The summed E-state index contributed by atoms with van der Waals surface area (Å²) in [7, 11) is 0. The van der Waals surface area contributed by atoms with Crippen molar-refractivity contribution in [1.29, 1.82) is 5.41 Å². The van der Waals surface area contributed by atoms with E-state index >= 15 is 0 Å². The molecule has 0 aromatic rings. The molecule has 2 saturated heterocycles. The highest BCUT2D eigenvalue weighted by Gasteiger charge is 2.48. The third-order valence-corrected chi connectivity index (χ3v) is 3.91. The minimum absolute atomic E-state index is 0.122. The van der Waals surface area contributed by atoms with Crippen LogP contribution in [0.5, 0.6) is 0 Å². The first-order valence-electron chi connectivity index (χ1n) is 6.98. The summed E-state index contributed by atoms with van der Waals surface area (Å²) in [4.78, 5) is 13.2. The van der Waals surface area contributed by atoms with E-state index < -0.39 is 37.2 Å². The zero-order chi connectivity index (χ0) is 15.6. The van der Waals surface area contributed by atoms with Crippen LogP contribution in [0.3, 0.4) is 0 Å². The van der Waals surface area contributed by atoms with E-state index in [-0.39, 0.29) is 18.3 Å². The summed E-state index contributed by atoms with van der Waals surface area (Å²) in [6.45, 7) is 0.249. The number of carbonyl (C=O) groups excluding carboxylic acids is 1. The number of hydrogen-bond acceptors (Lipinski definition) is 7. The molecule has 2 unspecified atom stereocenters. The third-order valence-electron chi connectivity index (χ3n) is 3.91. The Balaban J connectivity index is 2.07. The lowest BCUT2D eigenvalue weighted by atomic mass is 9.98. The minimum Gasteiger partial charge on any atom is -0.394 e. The summed E-state index contributed by atoms with van der Waals surface area (Å²) < 4.78 is 5.35. The zero-order valence-corrected chi connectivity index (χ0v) is 11.6. The number of ether oxygens (including phenoxy) is 1. The fourth-order valence-corrected chi connectivity index (χ4v) is 2.66. The molecule has 7 N–H and O–H groups in total. The molecule has 0 aliphatic carbocycles. The standard InChI is InChI=1S/C12H22N4O5/c13-3-1-2-6-4-16(12(20)15-10(6)14)11-9(19)8(18)7(5-17)21-11/h6-9,11,17-19H,1-5,13H2,(H2,14,15,20)/t6?,7-,8?,9+,11-/m1/s1. The maximum absolute atomic E-state index is 12.0. The van der Waals surface area contributed by atoms with E-state index in [9.17, 15) is 15.0 Å². The molecule has 0 saturated carbocycles. The number of nitrogens with one attached hydrogen (secondary N) is 2. The topological polar surface area (TPSA) is 152 Å². The van der Waals surface area contributed by atoms with Crippen molar-refractivity contribution in [3.8, 4) is 0 Å². The number of aliphatic hydroxyl groups is 3. The van der Waals surface area contributed by atoms with E-state index in [1.807, 2.05) is 0 Å². The highest BCUT2D eigenvalue weighted by Crippen LogP contribution is 2.27. The Labute approximate surface area is 122 Å². The maximum atomic E-state index is 12.0. The van der Waals surface area contributed by atoms with E-state index in [2.05, 4.69) is 5.32 Å². The minimum atomic E-state index is -1.30. The predicted molar refractivity (Wildman–Crippen MR) is 72.5 cm³/mol. The smallest absolute Gasteiger partial charge is 0.324 e. The van der Waals surface area contributed by atoms with Gasteiger partial charge < -0.3 is 25.8 Å². The van der Waals surface area contributed by atoms with Crippen LogP contribution < -0.4 is 11.1 Å². The summed E-state index contributed by atoms with van der Waals surface area (Å²) >= 11 is 0. The Morgan fingerprint density at radius 2 is 2.14 bits per heavy atom. The molecule has 0 radical (unpaired) electrons. The van der Waals surface area contributed by atoms with Gasteiger partial charge in [0.2, 0.25) is 0 Å². The molecule has 5 atom stereocenters. The second-order valence-corrected chi connectivity index (χ2v) is 5.35. The molecule has 2 fully saturated rings. The van der Waals surface area contributed by atoms with Gasteiger partial charge in [-0.1, -0.05) is 0 Å². The first-order valence-corrected chi connectivity index (χ1v) is 6.98. The van der Waals surface area contributed by atoms with Crippen molar-refractivity contribution in [3.05, 3.63) is 0 Å². The van der Waals surface area contributed by atoms with E-state index in [0.29, 0.717) is 19.4 Å². The van der Waals surface area contributed by atoms with Gasteiger partial charge in [0.1, 0.15) is 24.1 Å². The van der Waals surface area contributed by atoms with Crippen molar-refractivity contribution in [1.82, 2.24) is 10.2 Å². The van der Waals surface area contributed by atoms with Gasteiger partial charge in [0.05, 0.1) is 6.61 Å². The van der Waals surface area contributed by atoms with E-state index in [0.717, 1.165) is 0 Å². The number of amidine groups is 1. The van der Waals surface area contributed by atoms with Gasteiger partial charge in [-0.2, -0.15) is 0 Å². The van der Waals surface area contributed by atoms with E-state index in [4.69, 9.17) is 21.0 Å². The molecular formula is C12H22N4O5. The van der Waals surface area contributed by atoms with Crippen LogP contribution in [0.2, 0.25) is 0 Å². The Hall–Kier alpha value is -1.26. The number of nitrogens with two attached hydrogens (primary N) is 1. The lowest BCUT2D eigenvalue weighted by Gasteiger charge is -2.37. The molecule has 9 heteroatoms. The molecule has 2 rings (SSSR count). The second kappa shape index (κ2) is 6.67. The summed E-state index contributed by atoms with van der Waals surface area (Å²) in [6, 6.07) is -0.557. The van der Waals surface area contributed by atoms with Crippen molar-refractivity contribution < 1.29 is 24.9 Å². The van der Waals surface area contributed by atoms with Crippen LogP contribution in [-0.4, -0.2) is 76.3 Å². The van der Waals surface area contributed by atoms with Gasteiger partial charge in [-0.25, -0.2) is 4.79 Å². The van der Waals surface area contributed by atoms with Crippen LogP contribution in [0.25, 0.3) is 0 Å². The quantitative estimate of drug-likeness (QED) is 0.338. The summed E-state index contributed by atoms with van der Waals surface area (Å²) in [5.41, 5.74) is 5.45. The van der Waals surface area contributed by atoms with Crippen LogP contribution in [-0.2, 0) is 4.74 Å². The van der Waals surface area contributed by atoms with Gasteiger partial charge in [-0.3, -0.25) is 15.6 Å². The van der Waals surface area contributed by atoms with E-state index in [1.54, 1.807) is 0 Å². The van der Waals surface area contributed by atoms with Gasteiger partial charge in [0.15, 0.2) is 6.23 Å². The molecule has 2 aliphatic heterocycles. The van der Waals surface area contributed by atoms with Gasteiger partial charge in [0, 0.05) is 12.5 Å². The van der Waals surface area contributed by atoms with Crippen LogP contribution in [0.1, 0.15) is 12.8 Å². The Kier molecular flexibility index (Phi) is 5.12. The Morgan fingerprint density at radius 3 is 2.71 bits per heavy atom. The monoisotopic (exact) mass is 302 g/mol. The normalized spacial score (nSPS) is 37.0. The summed E-state index contributed by atoms with van der Waals surface area (Å²) in [5.74, 6) is -0.0937. The molecule has 0 spiro atoms. The van der Waals surface area contributed by atoms with Gasteiger partial charge in [0.25, 0.3) is 0 Å². The summed E-state index contributed by atoms with van der Waals surface area (Å²) in [5, 5.41) is 39.0. The number of amides is 2. The van der Waals surface area contributed by atoms with Crippen LogP contribution in [0, 0.1) is 11.3 Å². The molecule has 0 aromatic carbocycles. The molecule has 21 heavy (non-hydrogen) atoms. The molecule has 2 heterocycles. The largest absolute Gasteiger partial charge is 0.394 e. The Bertz CT molecular complexity index is 407. The first-order chi connectivity index (χ1) is 9.99. The number of rotatable bonds is 5. The third kappa shape index (κ3) is 3.16. The second-order valence-electron chi connectivity index (χ2n) is 5.35. The lowest BCUT2D eigenvalue weighted by molar-refractivity contribution is -0.0825. The average molecular weight is 302 g/mol. The van der Waals surface area contributed by atoms with Crippen molar-refractivity contribution in [2.75, 3.05) is 19.7 Å². The molecule has 9 nitrogen and oxygen atoms in total. The fourth-order valence-electron chi connectivity index (χ4n) is 2.66. The fraction of sp³-hybridized carbons (Fsp3) is 0.833. The number of nitrogens with zero attached hydrogens (tertiary/aromatic N) is 1. The zero-order valence-electron chi connectivity index (χ0n) is 11.6. The summed E-state index contributed by atoms with van der Waals surface area (Å²) in [6.07, 6.45) is -3.16. The number of hydrogen-bond donors (Lipinski definition) is 6. The number of carbonyl (C=O) groups is 1. The number of aliphatic hydroxyl groups excluding tert-OH is 3. The van der Waals surface area contributed by atoms with Gasteiger partial charge in [-0.15, -0.1) is 0 Å². The van der Waals surface area contributed by atoms with Crippen molar-refractivity contribution in [2.24, 2.45) is 11.7 Å². The first kappa shape index (κ1) is 16.1. The molecular weight excluding hydrogens is 280 g/mol. The molecule has 2 amide bonds. The van der Waals surface area contributed by atoms with Crippen LogP contribution in [0.4, 0.5) is 4.79 Å².